The summed E-state index contributed by atoms with van der Waals surface area (Å²) in [6, 6.07) is 11.3. The minimum Gasteiger partial charge on any atom is -0.495 e. The van der Waals surface area contributed by atoms with E-state index in [-0.39, 0.29) is 0 Å². The summed E-state index contributed by atoms with van der Waals surface area (Å²) in [5.74, 6) is 1.37. The fraction of sp³-hybridized carbons (Fsp3) is 0.0769. The van der Waals surface area contributed by atoms with Crippen LogP contribution in [-0.2, 0) is 0 Å². The first kappa shape index (κ1) is 12.4. The molecule has 1 heterocycles. The number of halogens is 1. The molecule has 0 amide bonds. The van der Waals surface area contributed by atoms with E-state index < -0.39 is 0 Å². The second-order valence-corrected chi connectivity index (χ2v) is 4.35. The van der Waals surface area contributed by atoms with Crippen molar-refractivity contribution in [2.24, 2.45) is 0 Å². The van der Waals surface area contributed by atoms with Gasteiger partial charge in [-0.25, -0.2) is 4.98 Å². The van der Waals surface area contributed by atoms with Crippen molar-refractivity contribution in [3.63, 3.8) is 0 Å². The molecular weight excluding hydrogens is 294 g/mol. The highest BCUT2D eigenvalue weighted by atomic mass is 79.9. The third-order valence-electron chi connectivity index (χ3n) is 2.33. The molecule has 0 spiro atoms. The Morgan fingerprint density at radius 2 is 2.17 bits per heavy atom. The number of nitrogens with one attached hydrogen (secondary N) is 1. The number of nitriles is 1. The lowest BCUT2D eigenvalue weighted by molar-refractivity contribution is 0.417. The monoisotopic (exact) mass is 303 g/mol. The van der Waals surface area contributed by atoms with Crippen LogP contribution in [-0.4, -0.2) is 12.1 Å². The number of nitrogens with zero attached hydrogens (tertiary/aromatic N) is 2. The van der Waals surface area contributed by atoms with Gasteiger partial charge in [-0.05, 0) is 34.1 Å². The molecule has 0 fully saturated rings. The van der Waals surface area contributed by atoms with Crippen LogP contribution in [0.4, 0.5) is 11.5 Å². The molecule has 0 unspecified atom stereocenters. The zero-order valence-corrected chi connectivity index (χ0v) is 11.2. The van der Waals surface area contributed by atoms with Crippen LogP contribution in [0.3, 0.4) is 0 Å². The van der Waals surface area contributed by atoms with Crippen LogP contribution in [0.1, 0.15) is 5.56 Å². The van der Waals surface area contributed by atoms with Crippen molar-refractivity contribution in [2.45, 2.75) is 0 Å². The minimum atomic E-state index is 0.507. The Balaban J connectivity index is 2.32. The third kappa shape index (κ3) is 2.60. The summed E-state index contributed by atoms with van der Waals surface area (Å²) < 4.78 is 5.97. The van der Waals surface area contributed by atoms with Gasteiger partial charge in [-0.15, -0.1) is 0 Å². The van der Waals surface area contributed by atoms with Crippen molar-refractivity contribution in [1.82, 2.24) is 4.98 Å². The predicted molar refractivity (Wildman–Crippen MR) is 72.9 cm³/mol. The highest BCUT2D eigenvalue weighted by molar-refractivity contribution is 9.10. The molecule has 0 aliphatic rings. The second kappa shape index (κ2) is 5.52. The van der Waals surface area contributed by atoms with Crippen molar-refractivity contribution in [1.29, 1.82) is 5.26 Å². The number of para-hydroxylation sites is 2. The maximum atomic E-state index is 8.77. The molecule has 2 rings (SSSR count). The first-order valence-electron chi connectivity index (χ1n) is 5.20. The van der Waals surface area contributed by atoms with Gasteiger partial charge < -0.3 is 10.1 Å². The Kier molecular flexibility index (Phi) is 3.80. The average molecular weight is 304 g/mol. The van der Waals surface area contributed by atoms with Gasteiger partial charge in [-0.2, -0.15) is 5.26 Å². The van der Waals surface area contributed by atoms with E-state index in [2.05, 4.69) is 26.2 Å². The molecule has 1 aromatic heterocycles. The maximum absolute atomic E-state index is 8.77. The van der Waals surface area contributed by atoms with Gasteiger partial charge in [0.2, 0.25) is 0 Å². The molecule has 4 nitrogen and oxygen atoms in total. The Morgan fingerprint density at radius 1 is 1.39 bits per heavy atom. The summed E-state index contributed by atoms with van der Waals surface area (Å²) in [4.78, 5) is 4.18. The number of pyridine rings is 1. The van der Waals surface area contributed by atoms with Crippen molar-refractivity contribution < 1.29 is 4.74 Å². The lowest BCUT2D eigenvalue weighted by Crippen LogP contribution is -1.97. The predicted octanol–water partition coefficient (Wildman–Crippen LogP) is 3.47. The van der Waals surface area contributed by atoms with E-state index >= 15 is 0 Å². The number of methoxy groups -OCH3 is 1. The molecule has 0 atom stereocenters. The van der Waals surface area contributed by atoms with E-state index in [0.29, 0.717) is 11.4 Å². The van der Waals surface area contributed by atoms with Crippen molar-refractivity contribution >= 4 is 27.4 Å². The molecule has 0 saturated heterocycles. The van der Waals surface area contributed by atoms with E-state index in [1.54, 1.807) is 13.2 Å². The van der Waals surface area contributed by atoms with E-state index in [1.807, 2.05) is 30.3 Å². The fourth-order valence-corrected chi connectivity index (χ4v) is 1.91. The van der Waals surface area contributed by atoms with Gasteiger partial charge in [-0.1, -0.05) is 12.1 Å². The fourth-order valence-electron chi connectivity index (χ4n) is 1.47. The van der Waals surface area contributed by atoms with Crippen LogP contribution in [0.2, 0.25) is 0 Å². The van der Waals surface area contributed by atoms with Crippen LogP contribution in [0.5, 0.6) is 5.75 Å². The van der Waals surface area contributed by atoms with Gasteiger partial charge in [-0.3, -0.25) is 0 Å². The lowest BCUT2D eigenvalue weighted by Gasteiger charge is -2.11. The van der Waals surface area contributed by atoms with Crippen molar-refractivity contribution in [3.05, 3.63) is 46.6 Å². The Bertz CT molecular complexity index is 607. The second-order valence-electron chi connectivity index (χ2n) is 3.49. The molecule has 0 radical (unpaired) electrons. The minimum absolute atomic E-state index is 0.507. The van der Waals surface area contributed by atoms with Crippen LogP contribution >= 0.6 is 15.9 Å². The molecule has 18 heavy (non-hydrogen) atoms. The van der Waals surface area contributed by atoms with Crippen LogP contribution in [0, 0.1) is 11.3 Å². The van der Waals surface area contributed by atoms with E-state index in [1.165, 1.54) is 6.20 Å². The quantitative estimate of drug-likeness (QED) is 0.943. The Morgan fingerprint density at radius 3 is 2.83 bits per heavy atom. The standard InChI is InChI=1S/C13H10BrN3O/c1-18-12-5-3-2-4-11(12)17-13-10(14)6-9(7-15)8-16-13/h2-6,8H,1H3,(H,16,17). The summed E-state index contributed by atoms with van der Waals surface area (Å²) in [7, 11) is 1.61. The Hall–Kier alpha value is -2.06. The number of anilines is 2. The van der Waals surface area contributed by atoms with Gasteiger partial charge in [0.1, 0.15) is 17.6 Å². The number of hydrogen-bond acceptors (Lipinski definition) is 4. The lowest BCUT2D eigenvalue weighted by atomic mass is 10.2. The SMILES string of the molecule is COc1ccccc1Nc1ncc(C#N)cc1Br. The molecule has 90 valence electrons. The topological polar surface area (TPSA) is 57.9 Å². The van der Waals surface area contributed by atoms with Crippen LogP contribution in [0.25, 0.3) is 0 Å². The summed E-state index contributed by atoms with van der Waals surface area (Å²) in [5.41, 5.74) is 1.32. The zero-order valence-electron chi connectivity index (χ0n) is 9.64. The molecule has 0 aliphatic carbocycles. The highest BCUT2D eigenvalue weighted by Crippen LogP contribution is 2.29. The summed E-state index contributed by atoms with van der Waals surface area (Å²) in [5, 5.41) is 11.9. The molecule has 2 aromatic rings. The summed E-state index contributed by atoms with van der Waals surface area (Å²) >= 11 is 3.37. The molecule has 5 heteroatoms. The highest BCUT2D eigenvalue weighted by Gasteiger charge is 2.06. The zero-order chi connectivity index (χ0) is 13.0. The normalized spacial score (nSPS) is 9.61. The first-order valence-corrected chi connectivity index (χ1v) is 5.99. The van der Waals surface area contributed by atoms with Crippen molar-refractivity contribution in [3.8, 4) is 11.8 Å². The smallest absolute Gasteiger partial charge is 0.144 e. The molecule has 0 saturated carbocycles. The Labute approximate surface area is 113 Å². The molecular formula is C13H10BrN3O. The molecule has 0 aliphatic heterocycles. The number of benzene rings is 1. The van der Waals surface area contributed by atoms with Gasteiger partial charge in [0.15, 0.2) is 0 Å². The number of rotatable bonds is 3. The number of aromatic nitrogens is 1. The molecule has 0 bridgehead atoms. The maximum Gasteiger partial charge on any atom is 0.144 e. The number of ether oxygens (including phenoxy) is 1. The van der Waals surface area contributed by atoms with E-state index in [0.717, 1.165) is 15.9 Å². The van der Waals surface area contributed by atoms with Gasteiger partial charge in [0.05, 0.1) is 22.8 Å². The third-order valence-corrected chi connectivity index (χ3v) is 2.93. The van der Waals surface area contributed by atoms with Crippen LogP contribution in [0.15, 0.2) is 41.0 Å². The van der Waals surface area contributed by atoms with Gasteiger partial charge >= 0.3 is 0 Å². The first-order chi connectivity index (χ1) is 8.74. The van der Waals surface area contributed by atoms with Crippen LogP contribution < -0.4 is 10.1 Å². The van der Waals surface area contributed by atoms with E-state index in [4.69, 9.17) is 10.00 Å². The number of hydrogen-bond donors (Lipinski definition) is 1. The molecule has 1 N–H and O–H groups in total. The summed E-state index contributed by atoms with van der Waals surface area (Å²) in [6.45, 7) is 0. The average Bonchev–Trinajstić information content (AvgIpc) is 2.41. The van der Waals surface area contributed by atoms with E-state index in [9.17, 15) is 0 Å². The molecule has 1 aromatic carbocycles. The van der Waals surface area contributed by atoms with Crippen molar-refractivity contribution in [2.75, 3.05) is 12.4 Å². The van der Waals surface area contributed by atoms with Gasteiger partial charge in [0, 0.05) is 6.20 Å². The largest absolute Gasteiger partial charge is 0.495 e. The van der Waals surface area contributed by atoms with Gasteiger partial charge in [0.25, 0.3) is 0 Å². The summed E-state index contributed by atoms with van der Waals surface area (Å²) in [6.07, 6.45) is 1.52.